The van der Waals surface area contributed by atoms with E-state index in [4.69, 9.17) is 14.3 Å². The van der Waals surface area contributed by atoms with Crippen LogP contribution < -0.4 is 0 Å². The third-order valence-corrected chi connectivity index (χ3v) is 4.52. The molecule has 0 radical (unpaired) electrons. The molecule has 31 heavy (non-hydrogen) atoms. The first-order chi connectivity index (χ1) is 14.6. The Balaban J connectivity index is 2.17. The first kappa shape index (κ1) is 24.0. The Morgan fingerprint density at radius 2 is 1.65 bits per heavy atom. The number of oxime groups is 1. The number of rotatable bonds is 7. The predicted molar refractivity (Wildman–Crippen MR) is 111 cm³/mol. The summed E-state index contributed by atoms with van der Waals surface area (Å²) in [6, 6.07) is 15.3. The van der Waals surface area contributed by atoms with Gasteiger partial charge in [-0.05, 0) is 30.5 Å². The number of methoxy groups -OCH3 is 1. The van der Waals surface area contributed by atoms with Crippen LogP contribution >= 0.6 is 0 Å². The minimum atomic E-state index is -4.42. The fourth-order valence-corrected chi connectivity index (χ4v) is 2.88. The lowest BCUT2D eigenvalue weighted by Crippen LogP contribution is -2.35. The van der Waals surface area contributed by atoms with Crippen molar-refractivity contribution in [1.82, 2.24) is 0 Å². The molecular weight excluding hydrogens is 411 g/mol. The average Bonchev–Trinajstić information content (AvgIpc) is 2.75. The molecule has 0 fully saturated rings. The molecule has 5 nitrogen and oxygen atoms in total. The second-order valence-corrected chi connectivity index (χ2v) is 6.91. The van der Waals surface area contributed by atoms with Crippen molar-refractivity contribution in [3.05, 3.63) is 77.4 Å². The molecule has 0 heterocycles. The number of hydrogen-bond acceptors (Lipinski definition) is 5. The van der Waals surface area contributed by atoms with Crippen LogP contribution in [0.2, 0.25) is 0 Å². The van der Waals surface area contributed by atoms with Crippen LogP contribution in [0.25, 0.3) is 5.57 Å². The van der Waals surface area contributed by atoms with Gasteiger partial charge in [0.2, 0.25) is 5.90 Å². The van der Waals surface area contributed by atoms with E-state index in [0.29, 0.717) is 16.7 Å². The molecule has 0 aliphatic heterocycles. The summed E-state index contributed by atoms with van der Waals surface area (Å²) < 4.78 is 48.5. The normalized spacial score (nSPS) is 14.5. The third-order valence-electron chi connectivity index (χ3n) is 4.52. The van der Waals surface area contributed by atoms with Crippen LogP contribution in [0.15, 0.2) is 65.8 Å². The topological polar surface area (TPSA) is 57.1 Å². The molecule has 0 saturated carbocycles. The summed E-state index contributed by atoms with van der Waals surface area (Å²) in [5.74, 6) is -0.549. The lowest BCUT2D eigenvalue weighted by Gasteiger charge is -2.24. The van der Waals surface area contributed by atoms with E-state index >= 15 is 0 Å². The zero-order chi connectivity index (χ0) is 23.1. The summed E-state index contributed by atoms with van der Waals surface area (Å²) in [6.45, 7) is 4.39. The summed E-state index contributed by atoms with van der Waals surface area (Å²) in [5.41, 5.74) is 0.0764. The van der Waals surface area contributed by atoms with Gasteiger partial charge in [-0.2, -0.15) is 13.2 Å². The van der Waals surface area contributed by atoms with E-state index in [1.807, 2.05) is 0 Å². The van der Waals surface area contributed by atoms with Crippen molar-refractivity contribution in [2.24, 2.45) is 5.16 Å². The number of benzene rings is 2. The van der Waals surface area contributed by atoms with Crippen molar-refractivity contribution in [3.8, 4) is 0 Å². The number of alkyl halides is 3. The maximum absolute atomic E-state index is 12.7. The van der Waals surface area contributed by atoms with Crippen LogP contribution in [-0.2, 0) is 31.3 Å². The summed E-state index contributed by atoms with van der Waals surface area (Å²) >= 11 is 0. The van der Waals surface area contributed by atoms with Gasteiger partial charge in [0.15, 0.2) is 0 Å². The highest BCUT2D eigenvalue weighted by atomic mass is 19.4. The molecule has 8 heteroatoms. The molecule has 2 rings (SSSR count). The lowest BCUT2D eigenvalue weighted by atomic mass is 9.96. The largest absolute Gasteiger partial charge is 0.474 e. The van der Waals surface area contributed by atoms with E-state index in [0.717, 1.165) is 0 Å². The molecule has 1 unspecified atom stereocenters. The summed E-state index contributed by atoms with van der Waals surface area (Å²) in [4.78, 5) is 17.8. The monoisotopic (exact) mass is 435 g/mol. The van der Waals surface area contributed by atoms with Crippen LogP contribution in [0.3, 0.4) is 0 Å². The van der Waals surface area contributed by atoms with Crippen LogP contribution in [0.5, 0.6) is 0 Å². The van der Waals surface area contributed by atoms with Crippen molar-refractivity contribution in [1.29, 1.82) is 0 Å². The Morgan fingerprint density at radius 3 is 2.26 bits per heavy atom. The second kappa shape index (κ2) is 10.1. The van der Waals surface area contributed by atoms with E-state index in [-0.39, 0.29) is 24.2 Å². The van der Waals surface area contributed by atoms with Crippen molar-refractivity contribution in [2.75, 3.05) is 7.11 Å². The van der Waals surface area contributed by atoms with Crippen LogP contribution in [-0.4, -0.2) is 25.2 Å². The SMILES string of the molecule is COC(=O)C(C)(O/N=C(/C)OCc1ccccc1/C(C)=C/C(F)(F)F)c1ccccc1. The van der Waals surface area contributed by atoms with Gasteiger partial charge in [-0.15, -0.1) is 0 Å². The highest BCUT2D eigenvalue weighted by molar-refractivity contribution is 5.81. The van der Waals surface area contributed by atoms with Gasteiger partial charge < -0.3 is 14.3 Å². The fourth-order valence-electron chi connectivity index (χ4n) is 2.88. The van der Waals surface area contributed by atoms with E-state index in [1.54, 1.807) is 54.6 Å². The zero-order valence-corrected chi connectivity index (χ0v) is 17.7. The fraction of sp³-hybridized carbons (Fsp3) is 0.304. The number of carbonyl (C=O) groups is 1. The Bertz CT molecular complexity index is 955. The summed E-state index contributed by atoms with van der Waals surface area (Å²) in [6.07, 6.45) is -4.17. The molecule has 0 aromatic heterocycles. The van der Waals surface area contributed by atoms with E-state index in [9.17, 15) is 18.0 Å². The standard InChI is InChI=1S/C23H24F3NO4/c1-16(14-23(24,25)26)20-13-9-8-10-18(20)15-30-17(2)27-31-22(3,21(28)29-4)19-11-6-5-7-12-19/h5-14H,15H2,1-4H3/b16-14+,27-17-. The minimum absolute atomic E-state index is 0.0296. The van der Waals surface area contributed by atoms with Crippen LogP contribution in [0.1, 0.15) is 37.5 Å². The van der Waals surface area contributed by atoms with Crippen LogP contribution in [0, 0.1) is 0 Å². The van der Waals surface area contributed by atoms with Crippen molar-refractivity contribution < 1.29 is 32.3 Å². The molecule has 0 N–H and O–H groups in total. The molecule has 0 amide bonds. The van der Waals surface area contributed by atoms with Gasteiger partial charge in [-0.1, -0.05) is 59.8 Å². The Labute approximate surface area is 179 Å². The Morgan fingerprint density at radius 1 is 1.03 bits per heavy atom. The van der Waals surface area contributed by atoms with Crippen molar-refractivity contribution in [3.63, 3.8) is 0 Å². The van der Waals surface area contributed by atoms with Gasteiger partial charge in [-0.25, -0.2) is 4.79 Å². The summed E-state index contributed by atoms with van der Waals surface area (Å²) in [5, 5.41) is 3.89. The molecule has 1 atom stereocenters. The quantitative estimate of drug-likeness (QED) is 0.246. The number of allylic oxidation sites excluding steroid dienone is 2. The predicted octanol–water partition coefficient (Wildman–Crippen LogP) is 5.61. The molecule has 0 saturated heterocycles. The molecule has 2 aromatic carbocycles. The number of halogens is 3. The number of ether oxygens (including phenoxy) is 2. The number of hydrogen-bond donors (Lipinski definition) is 0. The molecule has 0 spiro atoms. The Kier molecular flexibility index (Phi) is 7.85. The Hall–Kier alpha value is -3.29. The number of carbonyl (C=O) groups excluding carboxylic acids is 1. The van der Waals surface area contributed by atoms with E-state index in [2.05, 4.69) is 5.16 Å². The molecule has 166 valence electrons. The zero-order valence-electron chi connectivity index (χ0n) is 17.7. The van der Waals surface area contributed by atoms with E-state index < -0.39 is 17.7 Å². The molecule has 0 aliphatic carbocycles. The smallest absolute Gasteiger partial charge is 0.410 e. The van der Waals surface area contributed by atoms with Gasteiger partial charge in [0.1, 0.15) is 6.61 Å². The minimum Gasteiger partial charge on any atom is -0.474 e. The maximum Gasteiger partial charge on any atom is 0.410 e. The van der Waals surface area contributed by atoms with Gasteiger partial charge in [0.05, 0.1) is 7.11 Å². The first-order valence-corrected chi connectivity index (χ1v) is 9.41. The maximum atomic E-state index is 12.7. The number of nitrogens with zero attached hydrogens (tertiary/aromatic N) is 1. The molecular formula is C23H24F3NO4. The van der Waals surface area contributed by atoms with Gasteiger partial charge in [-0.3, -0.25) is 0 Å². The number of esters is 1. The molecule has 0 bridgehead atoms. The molecule has 2 aromatic rings. The average molecular weight is 435 g/mol. The highest BCUT2D eigenvalue weighted by Gasteiger charge is 2.40. The second-order valence-electron chi connectivity index (χ2n) is 6.91. The van der Waals surface area contributed by atoms with Gasteiger partial charge in [0, 0.05) is 18.6 Å². The van der Waals surface area contributed by atoms with Crippen molar-refractivity contribution in [2.45, 2.75) is 39.2 Å². The highest BCUT2D eigenvalue weighted by Crippen LogP contribution is 2.28. The summed E-state index contributed by atoms with van der Waals surface area (Å²) in [7, 11) is 1.24. The van der Waals surface area contributed by atoms with Gasteiger partial charge in [0.25, 0.3) is 5.60 Å². The lowest BCUT2D eigenvalue weighted by molar-refractivity contribution is -0.169. The van der Waals surface area contributed by atoms with Crippen LogP contribution in [0.4, 0.5) is 13.2 Å². The third kappa shape index (κ3) is 6.60. The van der Waals surface area contributed by atoms with E-state index in [1.165, 1.54) is 27.9 Å². The molecule has 0 aliphatic rings. The van der Waals surface area contributed by atoms with Gasteiger partial charge >= 0.3 is 12.1 Å². The van der Waals surface area contributed by atoms with Crippen molar-refractivity contribution >= 4 is 17.4 Å². The first-order valence-electron chi connectivity index (χ1n) is 9.41.